The molecule has 0 unspecified atom stereocenters. The van der Waals surface area contributed by atoms with E-state index in [4.69, 9.17) is 4.74 Å². The van der Waals surface area contributed by atoms with Gasteiger partial charge in [-0.3, -0.25) is 0 Å². The summed E-state index contributed by atoms with van der Waals surface area (Å²) < 4.78 is 6.26. The van der Waals surface area contributed by atoms with Gasteiger partial charge in [-0.2, -0.15) is 0 Å². The first-order valence-electron chi connectivity index (χ1n) is 9.43. The summed E-state index contributed by atoms with van der Waals surface area (Å²) in [7, 11) is 0. The summed E-state index contributed by atoms with van der Waals surface area (Å²) >= 11 is 0. The molecular weight excluding hydrogens is 306 g/mol. The van der Waals surface area contributed by atoms with E-state index in [1.54, 1.807) is 0 Å². The summed E-state index contributed by atoms with van der Waals surface area (Å²) in [5.41, 5.74) is 4.38. The first-order valence-corrected chi connectivity index (χ1v) is 9.43. The molecule has 1 saturated heterocycles. The van der Waals surface area contributed by atoms with Crippen LogP contribution in [-0.4, -0.2) is 19.7 Å². The van der Waals surface area contributed by atoms with Gasteiger partial charge in [-0.05, 0) is 48.0 Å². The van der Waals surface area contributed by atoms with Gasteiger partial charge in [0.25, 0.3) is 0 Å². The molecule has 2 nitrogen and oxygen atoms in total. The number of hydrogen-bond donors (Lipinski definition) is 1. The molecule has 0 aliphatic carbocycles. The smallest absolute Gasteiger partial charge is 0.0717 e. The third kappa shape index (κ3) is 4.50. The molecule has 1 aliphatic rings. The summed E-state index contributed by atoms with van der Waals surface area (Å²) in [5, 5.41) is 3.49. The Labute approximate surface area is 152 Å². The van der Waals surface area contributed by atoms with Gasteiger partial charge in [0.2, 0.25) is 0 Å². The van der Waals surface area contributed by atoms with Crippen molar-refractivity contribution in [3.63, 3.8) is 0 Å². The normalized spacial score (nSPS) is 17.4. The molecule has 0 bridgehead atoms. The van der Waals surface area contributed by atoms with Crippen LogP contribution in [0.4, 0.5) is 0 Å². The van der Waals surface area contributed by atoms with Crippen molar-refractivity contribution in [1.29, 1.82) is 0 Å². The highest BCUT2D eigenvalue weighted by Gasteiger charge is 2.34. The Morgan fingerprint density at radius 1 is 0.960 bits per heavy atom. The molecule has 0 spiro atoms. The van der Waals surface area contributed by atoms with Crippen molar-refractivity contribution in [2.75, 3.05) is 19.7 Å². The molecule has 2 aromatic rings. The van der Waals surface area contributed by atoms with Gasteiger partial charge in [0.15, 0.2) is 0 Å². The van der Waals surface area contributed by atoms with Gasteiger partial charge >= 0.3 is 0 Å². The van der Waals surface area contributed by atoms with E-state index < -0.39 is 0 Å². The van der Waals surface area contributed by atoms with Crippen molar-refractivity contribution in [3.8, 4) is 0 Å². The highest BCUT2D eigenvalue weighted by Crippen LogP contribution is 2.34. The summed E-state index contributed by atoms with van der Waals surface area (Å²) in [6.07, 6.45) is 2.28. The second kappa shape index (κ2) is 7.72. The largest absolute Gasteiger partial charge is 0.376 e. The third-order valence-electron chi connectivity index (χ3n) is 5.39. The Balaban J connectivity index is 1.68. The van der Waals surface area contributed by atoms with Crippen molar-refractivity contribution in [3.05, 3.63) is 71.3 Å². The second-order valence-corrected chi connectivity index (χ2v) is 8.34. The highest BCUT2D eigenvalue weighted by molar-refractivity contribution is 5.29. The van der Waals surface area contributed by atoms with Crippen LogP contribution in [-0.2, 0) is 22.2 Å². The zero-order chi connectivity index (χ0) is 17.8. The molecule has 2 aromatic carbocycles. The van der Waals surface area contributed by atoms with Crippen LogP contribution in [0.3, 0.4) is 0 Å². The minimum Gasteiger partial charge on any atom is -0.376 e. The minimum atomic E-state index is 0.147. The Morgan fingerprint density at radius 2 is 1.68 bits per heavy atom. The van der Waals surface area contributed by atoms with Crippen LogP contribution in [0.1, 0.15) is 50.3 Å². The Kier molecular flexibility index (Phi) is 5.61. The lowest BCUT2D eigenvalue weighted by Crippen LogP contribution is -2.43. The predicted molar refractivity (Wildman–Crippen MR) is 105 cm³/mol. The van der Waals surface area contributed by atoms with E-state index in [9.17, 15) is 0 Å². The number of piperidine rings is 1. The van der Waals surface area contributed by atoms with Crippen LogP contribution in [0, 0.1) is 0 Å². The van der Waals surface area contributed by atoms with E-state index in [1.165, 1.54) is 16.7 Å². The number of benzene rings is 2. The molecule has 0 aromatic heterocycles. The Hall–Kier alpha value is -1.64. The second-order valence-electron chi connectivity index (χ2n) is 8.34. The van der Waals surface area contributed by atoms with E-state index in [0.717, 1.165) is 32.5 Å². The quantitative estimate of drug-likeness (QED) is 0.844. The zero-order valence-electron chi connectivity index (χ0n) is 15.8. The van der Waals surface area contributed by atoms with Crippen LogP contribution >= 0.6 is 0 Å². The molecule has 0 saturated carbocycles. The fourth-order valence-corrected chi connectivity index (χ4v) is 3.71. The number of ether oxygens (including phenoxy) is 1. The molecule has 0 amide bonds. The van der Waals surface area contributed by atoms with Crippen LogP contribution in [0.2, 0.25) is 0 Å². The van der Waals surface area contributed by atoms with Crippen molar-refractivity contribution in [2.45, 2.75) is 51.0 Å². The monoisotopic (exact) mass is 337 g/mol. The lowest BCUT2D eigenvalue weighted by atomic mass is 9.74. The highest BCUT2D eigenvalue weighted by atomic mass is 16.5. The maximum atomic E-state index is 6.26. The molecule has 0 atom stereocenters. The first kappa shape index (κ1) is 18.2. The number of hydrogen-bond acceptors (Lipinski definition) is 2. The lowest BCUT2D eigenvalue weighted by molar-refractivity contribution is 0.0565. The van der Waals surface area contributed by atoms with Crippen molar-refractivity contribution < 1.29 is 4.74 Å². The maximum absolute atomic E-state index is 6.26. The fourth-order valence-electron chi connectivity index (χ4n) is 3.71. The van der Waals surface area contributed by atoms with Crippen LogP contribution in [0.25, 0.3) is 0 Å². The summed E-state index contributed by atoms with van der Waals surface area (Å²) in [6.45, 7) is 10.4. The van der Waals surface area contributed by atoms with Crippen molar-refractivity contribution in [2.24, 2.45) is 0 Å². The molecule has 0 radical (unpaired) electrons. The average Bonchev–Trinajstić information content (AvgIpc) is 2.63. The molecule has 1 heterocycles. The number of nitrogens with one attached hydrogen (secondary N) is 1. The van der Waals surface area contributed by atoms with E-state index in [1.807, 2.05) is 0 Å². The third-order valence-corrected chi connectivity index (χ3v) is 5.39. The molecule has 1 fully saturated rings. The molecular formula is C23H31NO. The van der Waals surface area contributed by atoms with Crippen molar-refractivity contribution in [1.82, 2.24) is 5.32 Å². The lowest BCUT2D eigenvalue weighted by Gasteiger charge is -2.38. The average molecular weight is 338 g/mol. The molecule has 1 aliphatic heterocycles. The zero-order valence-corrected chi connectivity index (χ0v) is 15.8. The van der Waals surface area contributed by atoms with Gasteiger partial charge in [-0.15, -0.1) is 0 Å². The summed E-state index contributed by atoms with van der Waals surface area (Å²) in [5.74, 6) is 0. The van der Waals surface area contributed by atoms with Crippen LogP contribution in [0.5, 0.6) is 0 Å². The summed E-state index contributed by atoms with van der Waals surface area (Å²) in [6, 6.07) is 19.7. The van der Waals surface area contributed by atoms with E-state index in [2.05, 4.69) is 80.7 Å². The SMILES string of the molecule is CC(C)(C)c1cccc(COCC2(c3ccccc3)CCNCC2)c1. The van der Waals surface area contributed by atoms with Crippen LogP contribution in [0.15, 0.2) is 54.6 Å². The summed E-state index contributed by atoms with van der Waals surface area (Å²) in [4.78, 5) is 0. The van der Waals surface area contributed by atoms with Gasteiger partial charge in [0.05, 0.1) is 13.2 Å². The van der Waals surface area contributed by atoms with E-state index in [0.29, 0.717) is 6.61 Å². The van der Waals surface area contributed by atoms with E-state index >= 15 is 0 Å². The number of rotatable bonds is 5. The van der Waals surface area contributed by atoms with Gasteiger partial charge in [-0.25, -0.2) is 0 Å². The molecule has 25 heavy (non-hydrogen) atoms. The van der Waals surface area contributed by atoms with Gasteiger partial charge in [0.1, 0.15) is 0 Å². The van der Waals surface area contributed by atoms with Gasteiger partial charge in [-0.1, -0.05) is 75.4 Å². The molecule has 1 N–H and O–H groups in total. The van der Waals surface area contributed by atoms with Gasteiger partial charge in [0, 0.05) is 5.41 Å². The minimum absolute atomic E-state index is 0.147. The standard InChI is InChI=1S/C23H31NO/c1-22(2,3)21-11-7-8-19(16-21)17-25-18-23(12-14-24-15-13-23)20-9-5-4-6-10-20/h4-11,16,24H,12-15,17-18H2,1-3H3. The molecule has 2 heteroatoms. The van der Waals surface area contributed by atoms with Crippen LogP contribution < -0.4 is 5.32 Å². The molecule has 134 valence electrons. The van der Waals surface area contributed by atoms with E-state index in [-0.39, 0.29) is 10.8 Å². The van der Waals surface area contributed by atoms with Gasteiger partial charge < -0.3 is 10.1 Å². The first-order chi connectivity index (χ1) is 12.0. The fraction of sp³-hybridized carbons (Fsp3) is 0.478. The predicted octanol–water partition coefficient (Wildman–Crippen LogP) is 4.82. The Morgan fingerprint density at radius 3 is 2.36 bits per heavy atom. The van der Waals surface area contributed by atoms with Crippen molar-refractivity contribution >= 4 is 0 Å². The Bertz CT molecular complexity index is 666. The molecule has 3 rings (SSSR count). The maximum Gasteiger partial charge on any atom is 0.0717 e. The topological polar surface area (TPSA) is 21.3 Å².